The molecule has 2 saturated carbocycles. The van der Waals surface area contributed by atoms with Gasteiger partial charge in [-0.25, -0.2) is 0 Å². The van der Waals surface area contributed by atoms with Gasteiger partial charge in [-0.15, -0.1) is 0 Å². The molecule has 1 aromatic carbocycles. The summed E-state index contributed by atoms with van der Waals surface area (Å²) in [6, 6.07) is 7.31. The molecule has 3 fully saturated rings. The summed E-state index contributed by atoms with van der Waals surface area (Å²) >= 11 is 0. The van der Waals surface area contributed by atoms with Gasteiger partial charge < -0.3 is 9.47 Å². The zero-order valence-corrected chi connectivity index (χ0v) is 15.1. The van der Waals surface area contributed by atoms with E-state index < -0.39 is 0 Å². The lowest BCUT2D eigenvalue weighted by Crippen LogP contribution is -2.51. The smallest absolute Gasteiger partial charge is 0.174 e. The molecule has 2 nitrogen and oxygen atoms in total. The lowest BCUT2D eigenvalue weighted by Gasteiger charge is -2.52. The zero-order valence-electron chi connectivity index (χ0n) is 15.1. The fourth-order valence-corrected chi connectivity index (χ4v) is 6.74. The number of benzene rings is 1. The summed E-state index contributed by atoms with van der Waals surface area (Å²) in [5.41, 5.74) is 5.03. The number of aryl methyl sites for hydroxylation is 2. The largest absolute Gasteiger partial charge is 0.347 e. The summed E-state index contributed by atoms with van der Waals surface area (Å²) in [7, 11) is 0. The molecule has 1 spiro atoms. The first-order chi connectivity index (χ1) is 11.7. The maximum absolute atomic E-state index is 6.23. The van der Waals surface area contributed by atoms with Gasteiger partial charge in [-0.1, -0.05) is 32.0 Å². The third-order valence-corrected chi connectivity index (χ3v) is 8.00. The second kappa shape index (κ2) is 5.32. The highest BCUT2D eigenvalue weighted by molar-refractivity contribution is 5.38. The van der Waals surface area contributed by atoms with Crippen LogP contribution in [0, 0.1) is 17.3 Å². The highest BCUT2D eigenvalue weighted by Crippen LogP contribution is 2.66. The lowest BCUT2D eigenvalue weighted by molar-refractivity contribution is -0.237. The first-order valence-electron chi connectivity index (χ1n) is 10.1. The van der Waals surface area contributed by atoms with E-state index in [1.807, 2.05) is 0 Å². The molecule has 3 aliphatic carbocycles. The third-order valence-electron chi connectivity index (χ3n) is 8.00. The van der Waals surface area contributed by atoms with Crippen molar-refractivity contribution in [2.24, 2.45) is 17.3 Å². The van der Waals surface area contributed by atoms with E-state index in [4.69, 9.17) is 9.47 Å². The molecular formula is C22H30O2. The molecule has 0 bridgehead atoms. The molecule has 1 heterocycles. The van der Waals surface area contributed by atoms with Crippen LogP contribution in [0.5, 0.6) is 0 Å². The lowest BCUT2D eigenvalue weighted by atomic mass is 9.55. The summed E-state index contributed by atoms with van der Waals surface area (Å²) in [6.45, 7) is 6.32. The van der Waals surface area contributed by atoms with Crippen LogP contribution in [-0.2, 0) is 22.3 Å². The van der Waals surface area contributed by atoms with Gasteiger partial charge in [0, 0.05) is 11.8 Å². The summed E-state index contributed by atoms with van der Waals surface area (Å²) < 4.78 is 12.5. The van der Waals surface area contributed by atoms with Crippen molar-refractivity contribution in [2.45, 2.75) is 70.5 Å². The van der Waals surface area contributed by atoms with Crippen LogP contribution < -0.4 is 0 Å². The Kier molecular flexibility index (Phi) is 3.41. The highest BCUT2D eigenvalue weighted by Gasteiger charge is 2.64. The van der Waals surface area contributed by atoms with E-state index in [0.29, 0.717) is 0 Å². The molecule has 130 valence electrons. The van der Waals surface area contributed by atoms with Crippen LogP contribution in [0.15, 0.2) is 18.2 Å². The fourth-order valence-electron chi connectivity index (χ4n) is 6.74. The van der Waals surface area contributed by atoms with Gasteiger partial charge >= 0.3 is 0 Å². The molecule has 0 N–H and O–H groups in total. The molecule has 4 aliphatic rings. The van der Waals surface area contributed by atoms with E-state index >= 15 is 0 Å². The number of hydrogen-bond acceptors (Lipinski definition) is 2. The minimum Gasteiger partial charge on any atom is -0.347 e. The number of fused-ring (bicyclic) bond motifs is 6. The average molecular weight is 326 g/mol. The van der Waals surface area contributed by atoms with Gasteiger partial charge in [-0.05, 0) is 73.0 Å². The molecular weight excluding hydrogens is 296 g/mol. The van der Waals surface area contributed by atoms with Crippen LogP contribution in [-0.4, -0.2) is 19.0 Å². The number of ether oxygens (including phenoxy) is 2. The van der Waals surface area contributed by atoms with Gasteiger partial charge in [0.25, 0.3) is 0 Å². The molecule has 1 aliphatic heterocycles. The van der Waals surface area contributed by atoms with Crippen LogP contribution in [0.25, 0.3) is 0 Å². The van der Waals surface area contributed by atoms with E-state index in [0.717, 1.165) is 43.8 Å². The van der Waals surface area contributed by atoms with Crippen molar-refractivity contribution in [3.63, 3.8) is 0 Å². The summed E-state index contributed by atoms with van der Waals surface area (Å²) in [6.07, 6.45) is 8.75. The van der Waals surface area contributed by atoms with Crippen molar-refractivity contribution in [3.8, 4) is 0 Å². The van der Waals surface area contributed by atoms with Crippen LogP contribution in [0.2, 0.25) is 0 Å². The Hall–Kier alpha value is -0.860. The maximum Gasteiger partial charge on any atom is 0.174 e. The Morgan fingerprint density at radius 3 is 2.71 bits per heavy atom. The van der Waals surface area contributed by atoms with Crippen molar-refractivity contribution < 1.29 is 9.47 Å². The highest BCUT2D eigenvalue weighted by atomic mass is 16.7. The maximum atomic E-state index is 6.23. The molecule has 1 aromatic rings. The predicted octanol–water partition coefficient (Wildman–Crippen LogP) is 4.85. The van der Waals surface area contributed by atoms with E-state index in [1.54, 1.807) is 11.1 Å². The average Bonchev–Trinajstić information content (AvgIpc) is 3.21. The standard InChI is InChI=1S/C22H30O2/c1-3-15-4-6-17-16(14-15)5-7-19-18(17)8-10-21(2)20(19)9-11-22(21)23-12-13-24-22/h4,6,14,18-20H,3,5,7-13H2,1-2H3/t18-,19-,20+,21+/m1/s1. The summed E-state index contributed by atoms with van der Waals surface area (Å²) in [5, 5.41) is 0. The molecule has 1 saturated heterocycles. The van der Waals surface area contributed by atoms with Crippen LogP contribution >= 0.6 is 0 Å². The summed E-state index contributed by atoms with van der Waals surface area (Å²) in [4.78, 5) is 0. The number of hydrogen-bond donors (Lipinski definition) is 0. The molecule has 24 heavy (non-hydrogen) atoms. The Balaban J connectivity index is 1.49. The van der Waals surface area contributed by atoms with E-state index in [1.165, 1.54) is 37.7 Å². The van der Waals surface area contributed by atoms with Crippen molar-refractivity contribution in [3.05, 3.63) is 34.9 Å². The quantitative estimate of drug-likeness (QED) is 0.734. The van der Waals surface area contributed by atoms with Crippen molar-refractivity contribution in [1.82, 2.24) is 0 Å². The first-order valence-corrected chi connectivity index (χ1v) is 10.1. The van der Waals surface area contributed by atoms with Crippen LogP contribution in [0.1, 0.15) is 68.6 Å². The normalized spacial score (nSPS) is 39.5. The van der Waals surface area contributed by atoms with Crippen LogP contribution in [0.3, 0.4) is 0 Å². The van der Waals surface area contributed by atoms with Gasteiger partial charge in [-0.3, -0.25) is 0 Å². The summed E-state index contributed by atoms with van der Waals surface area (Å²) in [5.74, 6) is 2.12. The minimum atomic E-state index is -0.255. The third kappa shape index (κ3) is 1.90. The Morgan fingerprint density at radius 2 is 1.92 bits per heavy atom. The molecule has 0 radical (unpaired) electrons. The second-order valence-corrected chi connectivity index (χ2v) is 8.75. The topological polar surface area (TPSA) is 18.5 Å². The zero-order chi connectivity index (χ0) is 16.4. The van der Waals surface area contributed by atoms with Gasteiger partial charge in [-0.2, -0.15) is 0 Å². The molecule has 2 heteroatoms. The van der Waals surface area contributed by atoms with Crippen LogP contribution in [0.4, 0.5) is 0 Å². The number of rotatable bonds is 1. The molecule has 0 aromatic heterocycles. The molecule has 5 rings (SSSR count). The van der Waals surface area contributed by atoms with Gasteiger partial charge in [0.05, 0.1) is 13.2 Å². The molecule has 0 unspecified atom stereocenters. The van der Waals surface area contributed by atoms with Crippen molar-refractivity contribution >= 4 is 0 Å². The first kappa shape index (κ1) is 15.4. The SMILES string of the molecule is CCc1ccc2c(c1)CC[C@@H]1[C@@H]2CC[C@@]2(C)[C@H]1CCC21OCCO1. The van der Waals surface area contributed by atoms with E-state index in [9.17, 15) is 0 Å². The Morgan fingerprint density at radius 1 is 1.08 bits per heavy atom. The van der Waals surface area contributed by atoms with Crippen molar-refractivity contribution in [2.75, 3.05) is 13.2 Å². The van der Waals surface area contributed by atoms with E-state index in [2.05, 4.69) is 32.0 Å². The minimum absolute atomic E-state index is 0.228. The van der Waals surface area contributed by atoms with Gasteiger partial charge in [0.1, 0.15) is 0 Å². The monoisotopic (exact) mass is 326 g/mol. The van der Waals surface area contributed by atoms with Crippen molar-refractivity contribution in [1.29, 1.82) is 0 Å². The van der Waals surface area contributed by atoms with E-state index in [-0.39, 0.29) is 11.2 Å². The fraction of sp³-hybridized carbons (Fsp3) is 0.727. The second-order valence-electron chi connectivity index (χ2n) is 8.75. The Labute approximate surface area is 145 Å². The molecule has 0 amide bonds. The Bertz CT molecular complexity index is 645. The van der Waals surface area contributed by atoms with Gasteiger partial charge in [0.15, 0.2) is 5.79 Å². The van der Waals surface area contributed by atoms with Gasteiger partial charge in [0.2, 0.25) is 0 Å². The molecule has 4 atom stereocenters. The predicted molar refractivity (Wildman–Crippen MR) is 95.1 cm³/mol.